The predicted molar refractivity (Wildman–Crippen MR) is 101 cm³/mol. The molecule has 0 atom stereocenters. The van der Waals surface area contributed by atoms with Gasteiger partial charge in [-0.15, -0.1) is 10.2 Å². The Balaban J connectivity index is 1.70. The lowest BCUT2D eigenvalue weighted by molar-refractivity contribution is 0.765. The number of aromatic nitrogens is 3. The van der Waals surface area contributed by atoms with Gasteiger partial charge in [0.1, 0.15) is 0 Å². The Morgan fingerprint density at radius 1 is 1.12 bits per heavy atom. The Kier molecular flexibility index (Phi) is 5.28. The van der Waals surface area contributed by atoms with Crippen LogP contribution in [0.4, 0.5) is 0 Å². The van der Waals surface area contributed by atoms with Crippen molar-refractivity contribution in [1.82, 2.24) is 25.2 Å². The Labute approximate surface area is 148 Å². The van der Waals surface area contributed by atoms with Crippen LogP contribution >= 0.6 is 0 Å². The van der Waals surface area contributed by atoms with Crippen LogP contribution in [0.3, 0.4) is 0 Å². The summed E-state index contributed by atoms with van der Waals surface area (Å²) in [6.07, 6.45) is 1.96. The number of nitrogens with zero attached hydrogens (tertiary/aromatic N) is 4. The molecule has 0 saturated heterocycles. The number of fused-ring (bicyclic) bond motifs is 1. The molecule has 3 aromatic rings. The number of hydrogen-bond acceptors (Lipinski definition) is 3. The van der Waals surface area contributed by atoms with E-state index in [1.165, 1.54) is 16.7 Å². The van der Waals surface area contributed by atoms with E-state index in [9.17, 15) is 0 Å². The molecule has 2 aromatic heterocycles. The maximum atomic E-state index is 4.69. The van der Waals surface area contributed by atoms with Crippen LogP contribution in [0.5, 0.6) is 0 Å². The summed E-state index contributed by atoms with van der Waals surface area (Å²) in [5.41, 5.74) is 4.62. The van der Waals surface area contributed by atoms with E-state index in [-0.39, 0.29) is 0 Å². The number of rotatable bonds is 5. The minimum absolute atomic E-state index is 0.559. The van der Waals surface area contributed by atoms with E-state index in [1.54, 1.807) is 0 Å². The highest BCUT2D eigenvalue weighted by Gasteiger charge is 2.06. The van der Waals surface area contributed by atoms with Crippen LogP contribution in [-0.4, -0.2) is 27.1 Å². The first-order valence-corrected chi connectivity index (χ1v) is 8.54. The highest BCUT2D eigenvalue weighted by atomic mass is 15.3. The third-order valence-corrected chi connectivity index (χ3v) is 4.05. The number of hydrogen-bond donors (Lipinski definition) is 2. The predicted octanol–water partition coefficient (Wildman–Crippen LogP) is 2.60. The quantitative estimate of drug-likeness (QED) is 0.555. The van der Waals surface area contributed by atoms with Gasteiger partial charge < -0.3 is 10.6 Å². The van der Waals surface area contributed by atoms with Gasteiger partial charge >= 0.3 is 0 Å². The van der Waals surface area contributed by atoms with E-state index in [4.69, 9.17) is 4.99 Å². The van der Waals surface area contributed by atoms with E-state index in [2.05, 4.69) is 59.8 Å². The zero-order chi connectivity index (χ0) is 17.6. The lowest BCUT2D eigenvalue weighted by Gasteiger charge is -2.11. The second-order valence-electron chi connectivity index (χ2n) is 6.02. The van der Waals surface area contributed by atoms with E-state index in [0.717, 1.165) is 24.0 Å². The summed E-state index contributed by atoms with van der Waals surface area (Å²) in [5.74, 6) is 1.63. The standard InChI is InChI=1S/C19H24N6/c1-4-20-19(21-12-16-9-8-14(2)11-15(16)3)22-13-18-24-23-17-7-5-6-10-25(17)18/h5-11H,4,12-13H2,1-3H3,(H2,20,21,22). The maximum absolute atomic E-state index is 4.69. The van der Waals surface area contributed by atoms with Crippen molar-refractivity contribution in [2.45, 2.75) is 33.9 Å². The number of aryl methyl sites for hydroxylation is 2. The van der Waals surface area contributed by atoms with E-state index < -0.39 is 0 Å². The highest BCUT2D eigenvalue weighted by molar-refractivity contribution is 5.79. The first kappa shape index (κ1) is 17.0. The van der Waals surface area contributed by atoms with Crippen molar-refractivity contribution in [2.24, 2.45) is 4.99 Å². The van der Waals surface area contributed by atoms with Crippen LogP contribution < -0.4 is 10.6 Å². The second-order valence-corrected chi connectivity index (χ2v) is 6.02. The summed E-state index contributed by atoms with van der Waals surface area (Å²) in [6.45, 7) is 8.29. The molecule has 3 rings (SSSR count). The van der Waals surface area contributed by atoms with Gasteiger partial charge in [-0.2, -0.15) is 0 Å². The largest absolute Gasteiger partial charge is 0.357 e. The van der Waals surface area contributed by atoms with Crippen molar-refractivity contribution < 1.29 is 0 Å². The molecule has 0 unspecified atom stereocenters. The summed E-state index contributed by atoms with van der Waals surface area (Å²) < 4.78 is 1.97. The lowest BCUT2D eigenvalue weighted by Crippen LogP contribution is -2.37. The first-order chi connectivity index (χ1) is 12.2. The van der Waals surface area contributed by atoms with Crippen LogP contribution in [0.25, 0.3) is 5.65 Å². The van der Waals surface area contributed by atoms with Crippen molar-refractivity contribution in [3.05, 3.63) is 65.1 Å². The third kappa shape index (κ3) is 4.15. The van der Waals surface area contributed by atoms with Crippen LogP contribution in [-0.2, 0) is 13.1 Å². The van der Waals surface area contributed by atoms with Gasteiger partial charge in [-0.1, -0.05) is 29.8 Å². The molecule has 0 saturated carbocycles. The van der Waals surface area contributed by atoms with Gasteiger partial charge in [-0.25, -0.2) is 4.99 Å². The molecule has 0 fully saturated rings. The molecule has 0 amide bonds. The molecule has 25 heavy (non-hydrogen) atoms. The fourth-order valence-electron chi connectivity index (χ4n) is 2.70. The molecule has 130 valence electrons. The summed E-state index contributed by atoms with van der Waals surface area (Å²) in [7, 11) is 0. The molecule has 0 aliphatic carbocycles. The average Bonchev–Trinajstić information content (AvgIpc) is 3.02. The van der Waals surface area contributed by atoms with Gasteiger partial charge in [0.2, 0.25) is 0 Å². The molecule has 0 bridgehead atoms. The molecule has 6 nitrogen and oxygen atoms in total. The summed E-state index contributed by atoms with van der Waals surface area (Å²) in [6, 6.07) is 12.3. The molecule has 6 heteroatoms. The zero-order valence-corrected chi connectivity index (χ0v) is 15.0. The third-order valence-electron chi connectivity index (χ3n) is 4.05. The van der Waals surface area contributed by atoms with Gasteiger partial charge in [0, 0.05) is 12.7 Å². The number of benzene rings is 1. The maximum Gasteiger partial charge on any atom is 0.191 e. The van der Waals surface area contributed by atoms with Crippen LogP contribution in [0.2, 0.25) is 0 Å². The number of guanidine groups is 1. The number of pyridine rings is 1. The second kappa shape index (κ2) is 7.79. The average molecular weight is 336 g/mol. The Morgan fingerprint density at radius 3 is 2.80 bits per heavy atom. The van der Waals surface area contributed by atoms with Crippen LogP contribution in [0, 0.1) is 13.8 Å². The Hall–Kier alpha value is -2.89. The SMILES string of the molecule is CCNC(=NCc1ccc(C)cc1C)NCc1nnc2ccccn12. The van der Waals surface area contributed by atoms with Crippen molar-refractivity contribution in [1.29, 1.82) is 0 Å². The van der Waals surface area contributed by atoms with E-state index in [0.29, 0.717) is 13.1 Å². The highest BCUT2D eigenvalue weighted by Crippen LogP contribution is 2.11. The Bertz CT molecular complexity index is 881. The summed E-state index contributed by atoms with van der Waals surface area (Å²) in [4.78, 5) is 4.69. The molecular formula is C19H24N6. The van der Waals surface area contributed by atoms with Gasteiger partial charge in [-0.05, 0) is 44.0 Å². The number of nitrogens with one attached hydrogen (secondary N) is 2. The fourth-order valence-corrected chi connectivity index (χ4v) is 2.70. The summed E-state index contributed by atoms with van der Waals surface area (Å²) >= 11 is 0. The normalized spacial score (nSPS) is 11.7. The van der Waals surface area contributed by atoms with Crippen molar-refractivity contribution >= 4 is 11.6 Å². The number of aliphatic imine (C=N–C) groups is 1. The van der Waals surface area contributed by atoms with Gasteiger partial charge in [0.25, 0.3) is 0 Å². The molecule has 0 aliphatic rings. The topological polar surface area (TPSA) is 66.6 Å². The zero-order valence-electron chi connectivity index (χ0n) is 15.0. The smallest absolute Gasteiger partial charge is 0.191 e. The lowest BCUT2D eigenvalue weighted by atomic mass is 10.1. The van der Waals surface area contributed by atoms with Crippen LogP contribution in [0.15, 0.2) is 47.6 Å². The fraction of sp³-hybridized carbons (Fsp3) is 0.316. The van der Waals surface area contributed by atoms with Crippen LogP contribution in [0.1, 0.15) is 29.4 Å². The Morgan fingerprint density at radius 2 is 2.00 bits per heavy atom. The van der Waals surface area contributed by atoms with Gasteiger partial charge in [0.15, 0.2) is 17.4 Å². The van der Waals surface area contributed by atoms with Crippen molar-refractivity contribution in [3.63, 3.8) is 0 Å². The minimum atomic E-state index is 0.559. The molecule has 0 spiro atoms. The first-order valence-electron chi connectivity index (χ1n) is 8.54. The monoisotopic (exact) mass is 336 g/mol. The van der Waals surface area contributed by atoms with Gasteiger partial charge in [-0.3, -0.25) is 4.40 Å². The molecule has 0 radical (unpaired) electrons. The molecule has 0 aliphatic heterocycles. The summed E-state index contributed by atoms with van der Waals surface area (Å²) in [5, 5.41) is 15.0. The molecule has 2 N–H and O–H groups in total. The van der Waals surface area contributed by atoms with Crippen molar-refractivity contribution in [2.75, 3.05) is 6.54 Å². The van der Waals surface area contributed by atoms with Crippen molar-refractivity contribution in [3.8, 4) is 0 Å². The minimum Gasteiger partial charge on any atom is -0.357 e. The van der Waals surface area contributed by atoms with Gasteiger partial charge in [0.05, 0.1) is 13.1 Å². The molecular weight excluding hydrogens is 312 g/mol. The van der Waals surface area contributed by atoms with E-state index in [1.807, 2.05) is 28.8 Å². The molecule has 1 aromatic carbocycles. The van der Waals surface area contributed by atoms with E-state index >= 15 is 0 Å². The molecule has 2 heterocycles.